The van der Waals surface area contributed by atoms with E-state index in [-0.39, 0.29) is 0 Å². The molecule has 0 radical (unpaired) electrons. The van der Waals surface area contributed by atoms with E-state index in [9.17, 15) is 25.9 Å². The minimum Gasteiger partial charge on any atom is -0.272 e. The van der Waals surface area contributed by atoms with Crippen LogP contribution in [0.5, 0.6) is 0 Å². The predicted molar refractivity (Wildman–Crippen MR) is 114 cm³/mol. The summed E-state index contributed by atoms with van der Waals surface area (Å²) in [4.78, 5) is 0. The Balaban J connectivity index is 2.26. The Kier molecular flexibility index (Phi) is 6.96. The van der Waals surface area contributed by atoms with Crippen molar-refractivity contribution in [2.75, 3.05) is 0 Å². The molecule has 8 nitrogen and oxygen atoms in total. The second-order valence-electron chi connectivity index (χ2n) is 8.67. The van der Waals surface area contributed by atoms with Gasteiger partial charge in [-0.15, -0.1) is 0 Å². The second-order valence-corrected chi connectivity index (χ2v) is 11.2. The standard InChI is InChI=1S/C20H32N2O6S2/c1-16-11-12-19(17(2)15-16)20(13-7-4-8-14-20)22(30(26,27)28)21(29(23,24)25)18-9-5-3-6-10-18/h11-12,15,18H,3-10,13-14H2,1-2H3,(H,23,24,25)(H,26,27,28). The Bertz CT molecular complexity index is 965. The summed E-state index contributed by atoms with van der Waals surface area (Å²) in [5, 5.41) is 0. The van der Waals surface area contributed by atoms with Crippen molar-refractivity contribution in [2.24, 2.45) is 0 Å². The number of benzene rings is 1. The third kappa shape index (κ3) is 4.73. The molecule has 0 saturated heterocycles. The topological polar surface area (TPSA) is 115 Å². The van der Waals surface area contributed by atoms with Crippen molar-refractivity contribution in [2.45, 2.75) is 89.6 Å². The van der Waals surface area contributed by atoms with Gasteiger partial charge >= 0.3 is 20.6 Å². The third-order valence-corrected chi connectivity index (χ3v) is 8.45. The van der Waals surface area contributed by atoms with E-state index in [2.05, 4.69) is 0 Å². The minimum atomic E-state index is -5.01. The molecule has 30 heavy (non-hydrogen) atoms. The first-order valence-corrected chi connectivity index (χ1v) is 13.4. The van der Waals surface area contributed by atoms with Crippen LogP contribution in [-0.4, -0.2) is 40.8 Å². The van der Waals surface area contributed by atoms with Crippen LogP contribution in [0, 0.1) is 13.8 Å². The highest BCUT2D eigenvalue weighted by Crippen LogP contribution is 2.47. The zero-order chi connectivity index (χ0) is 22.2. The molecule has 0 unspecified atom stereocenters. The number of aryl methyl sites for hydroxylation is 2. The monoisotopic (exact) mass is 460 g/mol. The van der Waals surface area contributed by atoms with Crippen LogP contribution < -0.4 is 0 Å². The summed E-state index contributed by atoms with van der Waals surface area (Å²) >= 11 is 0. The highest BCUT2D eigenvalue weighted by Gasteiger charge is 2.54. The van der Waals surface area contributed by atoms with Crippen molar-refractivity contribution in [3.8, 4) is 0 Å². The first-order valence-electron chi connectivity index (χ1n) is 10.6. The van der Waals surface area contributed by atoms with Crippen LogP contribution in [0.15, 0.2) is 18.2 Å². The normalized spacial score (nSPS) is 21.3. The van der Waals surface area contributed by atoms with Gasteiger partial charge in [0.25, 0.3) is 0 Å². The van der Waals surface area contributed by atoms with Crippen molar-refractivity contribution in [1.29, 1.82) is 0 Å². The molecule has 0 bridgehead atoms. The lowest BCUT2D eigenvalue weighted by Gasteiger charge is -2.50. The van der Waals surface area contributed by atoms with E-state index in [4.69, 9.17) is 0 Å². The van der Waals surface area contributed by atoms with Gasteiger partial charge in [-0.3, -0.25) is 9.11 Å². The van der Waals surface area contributed by atoms with Crippen molar-refractivity contribution >= 4 is 20.6 Å². The fraction of sp³-hybridized carbons (Fsp3) is 0.700. The quantitative estimate of drug-likeness (QED) is 0.491. The maximum Gasteiger partial charge on any atom is 0.350 e. The highest BCUT2D eigenvalue weighted by molar-refractivity contribution is 7.86. The molecule has 2 fully saturated rings. The van der Waals surface area contributed by atoms with Crippen molar-refractivity contribution < 1.29 is 25.9 Å². The van der Waals surface area contributed by atoms with Gasteiger partial charge in [-0.1, -0.05) is 71.1 Å². The lowest BCUT2D eigenvalue weighted by molar-refractivity contribution is -0.0389. The van der Waals surface area contributed by atoms with Crippen LogP contribution in [0.3, 0.4) is 0 Å². The molecule has 2 aliphatic rings. The number of nitrogens with zero attached hydrogens (tertiary/aromatic N) is 2. The van der Waals surface area contributed by atoms with Gasteiger partial charge in [0, 0.05) is 6.04 Å². The lowest BCUT2D eigenvalue weighted by Crippen LogP contribution is -2.63. The van der Waals surface area contributed by atoms with Gasteiger partial charge in [0.1, 0.15) is 0 Å². The average Bonchev–Trinajstić information content (AvgIpc) is 2.65. The van der Waals surface area contributed by atoms with Gasteiger partial charge in [0.15, 0.2) is 0 Å². The highest BCUT2D eigenvalue weighted by atomic mass is 32.2. The third-order valence-electron chi connectivity index (χ3n) is 6.45. The molecule has 2 aliphatic carbocycles. The number of rotatable bonds is 6. The van der Waals surface area contributed by atoms with Gasteiger partial charge in [0.2, 0.25) is 0 Å². The molecule has 1 aromatic carbocycles. The molecule has 3 rings (SSSR count). The van der Waals surface area contributed by atoms with Crippen molar-refractivity contribution in [3.63, 3.8) is 0 Å². The van der Waals surface area contributed by atoms with Crippen LogP contribution in [0.4, 0.5) is 0 Å². The number of hydrazine groups is 1. The summed E-state index contributed by atoms with van der Waals surface area (Å²) < 4.78 is 72.3. The predicted octanol–water partition coefficient (Wildman–Crippen LogP) is 3.92. The van der Waals surface area contributed by atoms with E-state index in [1.54, 1.807) is 0 Å². The van der Waals surface area contributed by atoms with Crippen LogP contribution in [0.25, 0.3) is 0 Å². The zero-order valence-electron chi connectivity index (χ0n) is 17.6. The van der Waals surface area contributed by atoms with Gasteiger partial charge in [0.05, 0.1) is 5.54 Å². The van der Waals surface area contributed by atoms with E-state index in [0.29, 0.717) is 52.9 Å². The van der Waals surface area contributed by atoms with Crippen LogP contribution in [0.2, 0.25) is 0 Å². The van der Waals surface area contributed by atoms with E-state index in [1.807, 2.05) is 32.0 Å². The van der Waals surface area contributed by atoms with Gasteiger partial charge in [-0.25, -0.2) is 0 Å². The van der Waals surface area contributed by atoms with Crippen molar-refractivity contribution in [3.05, 3.63) is 34.9 Å². The van der Waals surface area contributed by atoms with Gasteiger partial charge < -0.3 is 0 Å². The Hall–Kier alpha value is -1.04. The molecule has 0 aliphatic heterocycles. The minimum absolute atomic E-state index is 0.357. The largest absolute Gasteiger partial charge is 0.350 e. The second kappa shape index (κ2) is 8.84. The SMILES string of the molecule is Cc1ccc(C2(N(N(C3CCCCC3)S(=O)(=O)O)S(=O)(=O)O)CCCCC2)c(C)c1. The van der Waals surface area contributed by atoms with Crippen molar-refractivity contribution in [1.82, 2.24) is 8.83 Å². The summed E-state index contributed by atoms with van der Waals surface area (Å²) in [7, 11) is -9.95. The Morgan fingerprint density at radius 3 is 1.93 bits per heavy atom. The molecule has 0 heterocycles. The van der Waals surface area contributed by atoms with Crippen LogP contribution in [-0.2, 0) is 26.1 Å². The maximum absolute atomic E-state index is 12.8. The molecule has 0 amide bonds. The van der Waals surface area contributed by atoms with E-state index in [1.165, 1.54) is 0 Å². The Morgan fingerprint density at radius 1 is 0.867 bits per heavy atom. The van der Waals surface area contributed by atoms with E-state index in [0.717, 1.165) is 36.8 Å². The average molecular weight is 461 g/mol. The molecular formula is C20H32N2O6S2. The molecular weight excluding hydrogens is 428 g/mol. The lowest BCUT2D eigenvalue weighted by atomic mass is 9.75. The summed E-state index contributed by atoms with van der Waals surface area (Å²) in [5.41, 5.74) is 1.20. The molecule has 0 spiro atoms. The fourth-order valence-electron chi connectivity index (χ4n) is 5.28. The number of hydrogen-bond donors (Lipinski definition) is 2. The summed E-state index contributed by atoms with van der Waals surface area (Å²) in [6.07, 6.45) is 6.20. The molecule has 170 valence electrons. The first-order chi connectivity index (χ1) is 14.0. The first kappa shape index (κ1) is 23.6. The Labute approximate surface area is 180 Å². The summed E-state index contributed by atoms with van der Waals surface area (Å²) in [5.74, 6) is 0. The molecule has 2 N–H and O–H groups in total. The van der Waals surface area contributed by atoms with Crippen LogP contribution >= 0.6 is 0 Å². The summed E-state index contributed by atoms with van der Waals surface area (Å²) in [6, 6.07) is 4.88. The van der Waals surface area contributed by atoms with Gasteiger partial charge in [-0.05, 0) is 50.7 Å². The van der Waals surface area contributed by atoms with Gasteiger partial charge in [-0.2, -0.15) is 16.8 Å². The molecule has 1 aromatic rings. The molecule has 2 saturated carbocycles. The smallest absolute Gasteiger partial charge is 0.272 e. The maximum atomic E-state index is 12.8. The Morgan fingerprint density at radius 2 is 1.43 bits per heavy atom. The van der Waals surface area contributed by atoms with Crippen LogP contribution in [0.1, 0.15) is 80.9 Å². The fourth-order valence-corrected chi connectivity index (χ4v) is 7.78. The summed E-state index contributed by atoms with van der Waals surface area (Å²) in [6.45, 7) is 3.79. The van der Waals surface area contributed by atoms with E-state index < -0.39 is 32.2 Å². The molecule has 0 atom stereocenters. The zero-order valence-corrected chi connectivity index (χ0v) is 19.3. The molecule has 0 aromatic heterocycles. The molecule has 10 heteroatoms. The number of hydrogen-bond acceptors (Lipinski definition) is 4. The van der Waals surface area contributed by atoms with E-state index >= 15 is 0 Å².